The van der Waals surface area contributed by atoms with Crippen LogP contribution in [0.4, 0.5) is 0 Å². The van der Waals surface area contributed by atoms with E-state index in [1.807, 2.05) is 11.0 Å². The highest BCUT2D eigenvalue weighted by molar-refractivity contribution is 5.89. The molecule has 4 rings (SSSR count). The highest BCUT2D eigenvalue weighted by Crippen LogP contribution is 2.42. The summed E-state index contributed by atoms with van der Waals surface area (Å²) >= 11 is 0. The van der Waals surface area contributed by atoms with Gasteiger partial charge in [0.15, 0.2) is 0 Å². The van der Waals surface area contributed by atoms with E-state index in [1.54, 1.807) is 14.0 Å². The van der Waals surface area contributed by atoms with E-state index in [1.165, 1.54) is 5.56 Å². The van der Waals surface area contributed by atoms with Gasteiger partial charge in [-0.3, -0.25) is 4.79 Å². The topological polar surface area (TPSA) is 68.5 Å². The van der Waals surface area contributed by atoms with E-state index < -0.39 is 5.41 Å². The lowest BCUT2D eigenvalue weighted by Gasteiger charge is -2.38. The standard InChI is InChI=1S/C20H25N3O3/c1-13-21-22-18(26-13)17-11-15(25-3)12-23(17)19(24)20(2)10-6-8-14-7-4-5-9-16(14)20/h4-5,7,9,15,17H,6,8,10-12H2,1-3H3/t15-,17+,20?/m0/s1. The van der Waals surface area contributed by atoms with Crippen molar-refractivity contribution in [1.29, 1.82) is 0 Å². The number of hydrogen-bond acceptors (Lipinski definition) is 5. The number of aromatic nitrogens is 2. The fourth-order valence-electron chi connectivity index (χ4n) is 4.46. The summed E-state index contributed by atoms with van der Waals surface area (Å²) in [6.45, 7) is 4.40. The molecule has 0 spiro atoms. The molecule has 2 aromatic rings. The summed E-state index contributed by atoms with van der Waals surface area (Å²) in [7, 11) is 1.69. The summed E-state index contributed by atoms with van der Waals surface area (Å²) in [6.07, 6.45) is 3.57. The maximum atomic E-state index is 13.7. The molecule has 1 amide bonds. The molecule has 2 heterocycles. The summed E-state index contributed by atoms with van der Waals surface area (Å²) in [4.78, 5) is 15.6. The third-order valence-corrected chi connectivity index (χ3v) is 5.89. The number of carbonyl (C=O) groups is 1. The second kappa shape index (κ2) is 6.50. The zero-order valence-electron chi connectivity index (χ0n) is 15.6. The lowest BCUT2D eigenvalue weighted by Crippen LogP contribution is -2.47. The van der Waals surface area contributed by atoms with Crippen LogP contribution in [0.3, 0.4) is 0 Å². The van der Waals surface area contributed by atoms with Gasteiger partial charge in [0, 0.05) is 27.0 Å². The first-order valence-electron chi connectivity index (χ1n) is 9.25. The van der Waals surface area contributed by atoms with Crippen LogP contribution in [0.25, 0.3) is 0 Å². The van der Waals surface area contributed by atoms with Crippen molar-refractivity contribution >= 4 is 5.91 Å². The van der Waals surface area contributed by atoms with Gasteiger partial charge in [-0.05, 0) is 37.3 Å². The fourth-order valence-corrected chi connectivity index (χ4v) is 4.46. The minimum absolute atomic E-state index is 0.0152. The van der Waals surface area contributed by atoms with Gasteiger partial charge in [-0.25, -0.2) is 0 Å². The van der Waals surface area contributed by atoms with Crippen molar-refractivity contribution < 1.29 is 13.9 Å². The van der Waals surface area contributed by atoms with E-state index in [4.69, 9.17) is 9.15 Å². The molecule has 0 bridgehead atoms. The van der Waals surface area contributed by atoms with Gasteiger partial charge in [0.05, 0.1) is 11.5 Å². The normalized spacial score (nSPS) is 28.2. The fraction of sp³-hybridized carbons (Fsp3) is 0.550. The first-order chi connectivity index (χ1) is 12.5. The number of rotatable bonds is 3. The minimum atomic E-state index is -0.523. The zero-order chi connectivity index (χ0) is 18.3. The lowest BCUT2D eigenvalue weighted by molar-refractivity contribution is -0.139. The van der Waals surface area contributed by atoms with Gasteiger partial charge in [-0.15, -0.1) is 10.2 Å². The molecule has 138 valence electrons. The van der Waals surface area contributed by atoms with Crippen molar-refractivity contribution in [3.63, 3.8) is 0 Å². The van der Waals surface area contributed by atoms with Crippen molar-refractivity contribution in [3.05, 3.63) is 47.2 Å². The van der Waals surface area contributed by atoms with Crippen molar-refractivity contribution in [2.45, 2.75) is 57.1 Å². The van der Waals surface area contributed by atoms with E-state index >= 15 is 0 Å². The molecule has 6 heteroatoms. The predicted molar refractivity (Wildman–Crippen MR) is 95.6 cm³/mol. The molecule has 26 heavy (non-hydrogen) atoms. The maximum Gasteiger partial charge on any atom is 0.239 e. The summed E-state index contributed by atoms with van der Waals surface area (Å²) in [5, 5.41) is 8.12. The molecule has 0 radical (unpaired) electrons. The first kappa shape index (κ1) is 17.2. The Kier molecular flexibility index (Phi) is 4.31. The van der Waals surface area contributed by atoms with Crippen molar-refractivity contribution in [2.75, 3.05) is 13.7 Å². The molecular weight excluding hydrogens is 330 g/mol. The average Bonchev–Trinajstić information content (AvgIpc) is 3.27. The number of nitrogens with zero attached hydrogens (tertiary/aromatic N) is 3. The van der Waals surface area contributed by atoms with Gasteiger partial charge in [0.1, 0.15) is 6.04 Å². The number of benzene rings is 1. The predicted octanol–water partition coefficient (Wildman–Crippen LogP) is 2.96. The van der Waals surface area contributed by atoms with Crippen LogP contribution in [-0.4, -0.2) is 40.8 Å². The Morgan fingerprint density at radius 1 is 1.35 bits per heavy atom. The van der Waals surface area contributed by atoms with Crippen LogP contribution < -0.4 is 0 Å². The van der Waals surface area contributed by atoms with Gasteiger partial charge in [-0.1, -0.05) is 24.3 Å². The first-order valence-corrected chi connectivity index (χ1v) is 9.25. The summed E-state index contributed by atoms with van der Waals surface area (Å²) < 4.78 is 11.2. The third kappa shape index (κ3) is 2.72. The molecule has 0 N–H and O–H groups in total. The Hall–Kier alpha value is -2.21. The SMILES string of the molecule is CO[C@H]1C[C@H](c2nnc(C)o2)N(C(=O)C2(C)CCCc3ccccc32)C1. The Morgan fingerprint density at radius 2 is 2.15 bits per heavy atom. The van der Waals surface area contributed by atoms with Crippen LogP contribution in [0.1, 0.15) is 55.1 Å². The summed E-state index contributed by atoms with van der Waals surface area (Å²) in [6, 6.07) is 8.09. The number of aryl methyl sites for hydroxylation is 2. The number of likely N-dealkylation sites (tertiary alicyclic amines) is 1. The Bertz CT molecular complexity index is 818. The van der Waals surface area contributed by atoms with Crippen LogP contribution in [0, 0.1) is 6.92 Å². The molecule has 1 aromatic heterocycles. The highest BCUT2D eigenvalue weighted by atomic mass is 16.5. The van der Waals surface area contributed by atoms with E-state index in [9.17, 15) is 4.79 Å². The molecule has 1 unspecified atom stereocenters. The van der Waals surface area contributed by atoms with E-state index in [0.717, 1.165) is 24.8 Å². The van der Waals surface area contributed by atoms with Crippen LogP contribution in [-0.2, 0) is 21.4 Å². The largest absolute Gasteiger partial charge is 0.423 e. The third-order valence-electron chi connectivity index (χ3n) is 5.89. The van der Waals surface area contributed by atoms with Crippen LogP contribution >= 0.6 is 0 Å². The monoisotopic (exact) mass is 355 g/mol. The van der Waals surface area contributed by atoms with Crippen LogP contribution in [0.5, 0.6) is 0 Å². The second-order valence-electron chi connectivity index (χ2n) is 7.57. The summed E-state index contributed by atoms with van der Waals surface area (Å²) in [5.74, 6) is 1.15. The molecule has 1 aliphatic carbocycles. The van der Waals surface area contributed by atoms with Gasteiger partial charge in [0.25, 0.3) is 0 Å². The van der Waals surface area contributed by atoms with Crippen LogP contribution in [0.2, 0.25) is 0 Å². The quantitative estimate of drug-likeness (QED) is 0.847. The van der Waals surface area contributed by atoms with E-state index in [-0.39, 0.29) is 18.1 Å². The van der Waals surface area contributed by atoms with Crippen molar-refractivity contribution in [1.82, 2.24) is 15.1 Å². The zero-order valence-corrected chi connectivity index (χ0v) is 15.6. The van der Waals surface area contributed by atoms with Crippen molar-refractivity contribution in [3.8, 4) is 0 Å². The molecule has 1 aliphatic heterocycles. The lowest BCUT2D eigenvalue weighted by atomic mass is 9.70. The average molecular weight is 355 g/mol. The molecule has 2 aliphatic rings. The minimum Gasteiger partial charge on any atom is -0.423 e. The molecular formula is C20H25N3O3. The number of ether oxygens (including phenoxy) is 1. The van der Waals surface area contributed by atoms with Gasteiger partial charge in [-0.2, -0.15) is 0 Å². The molecule has 3 atom stereocenters. The number of fused-ring (bicyclic) bond motifs is 1. The van der Waals surface area contributed by atoms with Gasteiger partial charge >= 0.3 is 0 Å². The van der Waals surface area contributed by atoms with E-state index in [2.05, 4.69) is 35.3 Å². The summed E-state index contributed by atoms with van der Waals surface area (Å²) in [5.41, 5.74) is 1.91. The molecule has 1 aromatic carbocycles. The van der Waals surface area contributed by atoms with Crippen molar-refractivity contribution in [2.24, 2.45) is 0 Å². The molecule has 0 saturated carbocycles. The molecule has 1 saturated heterocycles. The van der Waals surface area contributed by atoms with Gasteiger partial charge in [0.2, 0.25) is 17.7 Å². The van der Waals surface area contributed by atoms with Gasteiger partial charge < -0.3 is 14.1 Å². The number of amides is 1. The smallest absolute Gasteiger partial charge is 0.239 e. The highest BCUT2D eigenvalue weighted by Gasteiger charge is 2.47. The maximum absolute atomic E-state index is 13.7. The number of carbonyl (C=O) groups excluding carboxylic acids is 1. The Labute approximate surface area is 153 Å². The number of methoxy groups -OCH3 is 1. The second-order valence-corrected chi connectivity index (χ2v) is 7.57. The Morgan fingerprint density at radius 3 is 2.88 bits per heavy atom. The molecule has 1 fully saturated rings. The number of hydrogen-bond donors (Lipinski definition) is 0. The van der Waals surface area contributed by atoms with E-state index in [0.29, 0.717) is 24.7 Å². The molecule has 6 nitrogen and oxygen atoms in total. The Balaban J connectivity index is 1.70. The van der Waals surface area contributed by atoms with Crippen LogP contribution in [0.15, 0.2) is 28.7 Å².